The van der Waals surface area contributed by atoms with Gasteiger partial charge in [-0.05, 0) is 49.1 Å². The zero-order chi connectivity index (χ0) is 14.5. The third kappa shape index (κ3) is 2.04. The maximum atomic E-state index is 13.1. The summed E-state index contributed by atoms with van der Waals surface area (Å²) in [5.74, 6) is 0. The molecule has 1 spiro atoms. The highest BCUT2D eigenvalue weighted by molar-refractivity contribution is 7.89. The molecule has 1 atom stereocenters. The van der Waals surface area contributed by atoms with Crippen LogP contribution in [0.5, 0.6) is 0 Å². The Morgan fingerprint density at radius 1 is 1.19 bits per heavy atom. The van der Waals surface area contributed by atoms with Crippen LogP contribution in [0, 0.1) is 0 Å². The smallest absolute Gasteiger partial charge is 0.243 e. The summed E-state index contributed by atoms with van der Waals surface area (Å²) in [5.41, 5.74) is 1.91. The fourth-order valence-electron chi connectivity index (χ4n) is 3.88. The number of rotatable bonds is 2. The number of hydrogen-bond acceptors (Lipinski definition) is 4. The summed E-state index contributed by atoms with van der Waals surface area (Å²) < 4.78 is 33.2. The van der Waals surface area contributed by atoms with Crippen LogP contribution in [-0.4, -0.2) is 37.9 Å². The van der Waals surface area contributed by atoms with E-state index in [1.807, 2.05) is 6.07 Å². The summed E-state index contributed by atoms with van der Waals surface area (Å²) >= 11 is 0. The zero-order valence-corrected chi connectivity index (χ0v) is 12.8. The first kappa shape index (κ1) is 13.7. The molecule has 5 nitrogen and oxygen atoms in total. The molecule has 0 amide bonds. The number of nitrogens with zero attached hydrogens (tertiary/aromatic N) is 1. The summed E-state index contributed by atoms with van der Waals surface area (Å²) in [7, 11) is -3.41. The van der Waals surface area contributed by atoms with E-state index in [0.29, 0.717) is 24.7 Å². The molecule has 6 heteroatoms. The Kier molecular flexibility index (Phi) is 3.11. The normalized spacial score (nSPS) is 29.3. The molecule has 3 heterocycles. The molecule has 0 bridgehead atoms. The fourth-order valence-corrected chi connectivity index (χ4v) is 5.79. The molecule has 2 fully saturated rings. The Morgan fingerprint density at radius 3 is 2.86 bits per heavy atom. The van der Waals surface area contributed by atoms with Gasteiger partial charge in [0.1, 0.15) is 0 Å². The first-order valence-electron chi connectivity index (χ1n) is 7.55. The summed E-state index contributed by atoms with van der Waals surface area (Å²) in [6.45, 7) is 3.43. The standard InChI is InChI=1S/C15H20N2O3S/c18-21(19,14-3-2-12-9-20-10-13(12)8-14)17-7-1-4-15(17)5-6-16-11-15/h2-3,8,16H,1,4-7,9-11H2. The van der Waals surface area contributed by atoms with Gasteiger partial charge in [-0.25, -0.2) is 8.42 Å². The predicted octanol–water partition coefficient (Wildman–Crippen LogP) is 1.23. The SMILES string of the molecule is O=S(=O)(c1ccc2c(c1)COC2)N1CCCC12CCNC2. The molecule has 114 valence electrons. The van der Waals surface area contributed by atoms with Gasteiger partial charge >= 0.3 is 0 Å². The van der Waals surface area contributed by atoms with Crippen molar-refractivity contribution in [3.05, 3.63) is 29.3 Å². The molecule has 3 aliphatic heterocycles. The van der Waals surface area contributed by atoms with Crippen molar-refractivity contribution in [2.24, 2.45) is 0 Å². The number of sulfonamides is 1. The van der Waals surface area contributed by atoms with Crippen molar-refractivity contribution in [1.82, 2.24) is 9.62 Å². The Hall–Kier alpha value is -0.950. The van der Waals surface area contributed by atoms with Crippen molar-refractivity contribution in [1.29, 1.82) is 0 Å². The lowest BCUT2D eigenvalue weighted by atomic mass is 9.97. The molecule has 2 saturated heterocycles. The van der Waals surface area contributed by atoms with Gasteiger partial charge in [-0.2, -0.15) is 4.31 Å². The Balaban J connectivity index is 1.73. The second-order valence-electron chi connectivity index (χ2n) is 6.26. The fraction of sp³-hybridized carbons (Fsp3) is 0.600. The minimum Gasteiger partial charge on any atom is -0.372 e. The summed E-state index contributed by atoms with van der Waals surface area (Å²) in [4.78, 5) is 0.417. The van der Waals surface area contributed by atoms with E-state index in [9.17, 15) is 8.42 Å². The van der Waals surface area contributed by atoms with Crippen LogP contribution in [0.25, 0.3) is 0 Å². The van der Waals surface area contributed by atoms with Crippen molar-refractivity contribution in [3.8, 4) is 0 Å². The second-order valence-corrected chi connectivity index (χ2v) is 8.12. The monoisotopic (exact) mass is 308 g/mol. The number of fused-ring (bicyclic) bond motifs is 1. The summed E-state index contributed by atoms with van der Waals surface area (Å²) in [6, 6.07) is 5.42. The molecular weight excluding hydrogens is 288 g/mol. The van der Waals surface area contributed by atoms with E-state index in [0.717, 1.165) is 43.5 Å². The summed E-state index contributed by atoms with van der Waals surface area (Å²) in [6.07, 6.45) is 2.84. The van der Waals surface area contributed by atoms with Crippen LogP contribution in [0.4, 0.5) is 0 Å². The van der Waals surface area contributed by atoms with Crippen molar-refractivity contribution in [3.63, 3.8) is 0 Å². The third-order valence-electron chi connectivity index (χ3n) is 5.03. The van der Waals surface area contributed by atoms with Crippen molar-refractivity contribution >= 4 is 10.0 Å². The van der Waals surface area contributed by atoms with E-state index >= 15 is 0 Å². The first-order chi connectivity index (χ1) is 10.1. The first-order valence-corrected chi connectivity index (χ1v) is 8.99. The number of benzene rings is 1. The topological polar surface area (TPSA) is 58.6 Å². The van der Waals surface area contributed by atoms with Crippen LogP contribution in [0.1, 0.15) is 30.4 Å². The molecule has 0 radical (unpaired) electrons. The average Bonchev–Trinajstić information content (AvgIpc) is 3.20. The molecule has 4 rings (SSSR count). The van der Waals surface area contributed by atoms with Gasteiger partial charge in [0, 0.05) is 18.6 Å². The molecular formula is C15H20N2O3S. The van der Waals surface area contributed by atoms with E-state index < -0.39 is 10.0 Å². The Labute approximate surface area is 125 Å². The molecule has 21 heavy (non-hydrogen) atoms. The van der Waals surface area contributed by atoms with Crippen molar-refractivity contribution in [2.45, 2.75) is 42.9 Å². The van der Waals surface area contributed by atoms with Gasteiger partial charge in [0.25, 0.3) is 0 Å². The van der Waals surface area contributed by atoms with Gasteiger partial charge in [-0.15, -0.1) is 0 Å². The van der Waals surface area contributed by atoms with Crippen LogP contribution in [0.3, 0.4) is 0 Å². The van der Waals surface area contributed by atoms with Crippen molar-refractivity contribution in [2.75, 3.05) is 19.6 Å². The van der Waals surface area contributed by atoms with Gasteiger partial charge in [-0.3, -0.25) is 0 Å². The lowest BCUT2D eigenvalue weighted by molar-refractivity contribution is 0.134. The number of hydrogen-bond donors (Lipinski definition) is 1. The van der Waals surface area contributed by atoms with Gasteiger partial charge in [-0.1, -0.05) is 6.07 Å². The quantitative estimate of drug-likeness (QED) is 0.893. The molecule has 0 aromatic heterocycles. The van der Waals surface area contributed by atoms with E-state index in [1.54, 1.807) is 16.4 Å². The van der Waals surface area contributed by atoms with Crippen LogP contribution in [0.15, 0.2) is 23.1 Å². The number of nitrogens with one attached hydrogen (secondary N) is 1. The predicted molar refractivity (Wildman–Crippen MR) is 78.3 cm³/mol. The lowest BCUT2D eigenvalue weighted by Crippen LogP contribution is -2.48. The maximum absolute atomic E-state index is 13.1. The van der Waals surface area contributed by atoms with Gasteiger partial charge in [0.2, 0.25) is 10.0 Å². The molecule has 0 aliphatic carbocycles. The highest BCUT2D eigenvalue weighted by Gasteiger charge is 2.49. The number of ether oxygens (including phenoxy) is 1. The average molecular weight is 308 g/mol. The summed E-state index contributed by atoms with van der Waals surface area (Å²) in [5, 5.41) is 3.32. The highest BCUT2D eigenvalue weighted by Crippen LogP contribution is 2.39. The molecule has 1 aromatic carbocycles. The van der Waals surface area contributed by atoms with Gasteiger partial charge < -0.3 is 10.1 Å². The largest absolute Gasteiger partial charge is 0.372 e. The van der Waals surface area contributed by atoms with Crippen LogP contribution >= 0.6 is 0 Å². The lowest BCUT2D eigenvalue weighted by Gasteiger charge is -2.33. The molecule has 1 N–H and O–H groups in total. The van der Waals surface area contributed by atoms with Crippen molar-refractivity contribution < 1.29 is 13.2 Å². The van der Waals surface area contributed by atoms with Gasteiger partial charge in [0.15, 0.2) is 0 Å². The molecule has 0 saturated carbocycles. The zero-order valence-electron chi connectivity index (χ0n) is 12.0. The Bertz CT molecular complexity index is 660. The molecule has 1 aromatic rings. The van der Waals surface area contributed by atoms with Gasteiger partial charge in [0.05, 0.1) is 18.1 Å². The van der Waals surface area contributed by atoms with Crippen LogP contribution in [0.2, 0.25) is 0 Å². The van der Waals surface area contributed by atoms with E-state index in [1.165, 1.54) is 0 Å². The highest BCUT2D eigenvalue weighted by atomic mass is 32.2. The second kappa shape index (κ2) is 4.78. The third-order valence-corrected chi connectivity index (χ3v) is 7.03. The Morgan fingerprint density at radius 2 is 2.05 bits per heavy atom. The molecule has 3 aliphatic rings. The van der Waals surface area contributed by atoms with E-state index in [2.05, 4.69) is 5.32 Å². The molecule has 1 unspecified atom stereocenters. The minimum atomic E-state index is -3.41. The minimum absolute atomic E-state index is 0.200. The van der Waals surface area contributed by atoms with Crippen LogP contribution < -0.4 is 5.32 Å². The van der Waals surface area contributed by atoms with E-state index in [4.69, 9.17) is 4.74 Å². The van der Waals surface area contributed by atoms with Crippen LogP contribution in [-0.2, 0) is 28.0 Å². The van der Waals surface area contributed by atoms with E-state index in [-0.39, 0.29) is 5.54 Å². The maximum Gasteiger partial charge on any atom is 0.243 e.